The molecule has 1 aliphatic rings. The van der Waals surface area contributed by atoms with Gasteiger partial charge in [-0.15, -0.1) is 5.10 Å². The SMILES string of the molecule is Cn1nnnc1Sc1ccc([N+](=O)[O-])cc1C(=O)Nc1cnc(C2CCCC2)cn1. The molecule has 12 heteroatoms. The molecular weight excluding hydrogens is 408 g/mol. The van der Waals surface area contributed by atoms with Gasteiger partial charge in [0.2, 0.25) is 5.16 Å². The van der Waals surface area contributed by atoms with E-state index in [2.05, 4.69) is 30.8 Å². The van der Waals surface area contributed by atoms with Gasteiger partial charge in [0.15, 0.2) is 5.82 Å². The summed E-state index contributed by atoms with van der Waals surface area (Å²) < 4.78 is 1.45. The highest BCUT2D eigenvalue weighted by Crippen LogP contribution is 2.33. The van der Waals surface area contributed by atoms with Crippen LogP contribution in [0.4, 0.5) is 11.5 Å². The molecule has 2 heterocycles. The van der Waals surface area contributed by atoms with Gasteiger partial charge in [-0.3, -0.25) is 19.9 Å². The Morgan fingerprint density at radius 3 is 2.70 bits per heavy atom. The molecule has 1 N–H and O–H groups in total. The van der Waals surface area contributed by atoms with E-state index in [9.17, 15) is 14.9 Å². The minimum Gasteiger partial charge on any atom is -0.305 e. The Labute approximate surface area is 175 Å². The highest BCUT2D eigenvalue weighted by atomic mass is 32.2. The van der Waals surface area contributed by atoms with E-state index in [1.54, 1.807) is 13.2 Å². The molecule has 0 radical (unpaired) electrons. The van der Waals surface area contributed by atoms with Crippen LogP contribution in [0.15, 0.2) is 40.6 Å². The number of benzene rings is 1. The first-order valence-corrected chi connectivity index (χ1v) is 10.1. The van der Waals surface area contributed by atoms with Crippen molar-refractivity contribution in [2.75, 3.05) is 5.32 Å². The Kier molecular flexibility index (Phi) is 5.65. The number of amides is 1. The van der Waals surface area contributed by atoms with E-state index >= 15 is 0 Å². The summed E-state index contributed by atoms with van der Waals surface area (Å²) in [7, 11) is 1.66. The maximum Gasteiger partial charge on any atom is 0.270 e. The van der Waals surface area contributed by atoms with Gasteiger partial charge in [-0.1, -0.05) is 12.8 Å². The molecule has 0 aliphatic heterocycles. The van der Waals surface area contributed by atoms with Crippen LogP contribution >= 0.6 is 11.8 Å². The Balaban J connectivity index is 1.57. The van der Waals surface area contributed by atoms with Crippen LogP contribution in [0.2, 0.25) is 0 Å². The highest BCUT2D eigenvalue weighted by molar-refractivity contribution is 7.99. The van der Waals surface area contributed by atoms with Crippen molar-refractivity contribution >= 4 is 29.2 Å². The van der Waals surface area contributed by atoms with Crippen LogP contribution in [0.1, 0.15) is 47.7 Å². The monoisotopic (exact) mass is 426 g/mol. The number of nitro benzene ring substituents is 1. The predicted octanol–water partition coefficient (Wildman–Crippen LogP) is 2.97. The summed E-state index contributed by atoms with van der Waals surface area (Å²) in [5.74, 6) is 0.172. The predicted molar refractivity (Wildman–Crippen MR) is 107 cm³/mol. The lowest BCUT2D eigenvalue weighted by atomic mass is 10.1. The molecule has 0 atom stereocenters. The van der Waals surface area contributed by atoms with Crippen LogP contribution in [0.3, 0.4) is 0 Å². The molecule has 0 spiro atoms. The average Bonchev–Trinajstić information content (AvgIpc) is 3.41. The molecule has 0 saturated heterocycles. The van der Waals surface area contributed by atoms with Gasteiger partial charge < -0.3 is 5.32 Å². The molecule has 1 saturated carbocycles. The van der Waals surface area contributed by atoms with Crippen molar-refractivity contribution in [3.8, 4) is 0 Å². The third kappa shape index (κ3) is 4.27. The van der Waals surface area contributed by atoms with Crippen molar-refractivity contribution in [1.29, 1.82) is 0 Å². The van der Waals surface area contributed by atoms with Gasteiger partial charge in [-0.05, 0) is 41.1 Å². The fourth-order valence-electron chi connectivity index (χ4n) is 3.32. The molecule has 1 fully saturated rings. The topological polar surface area (TPSA) is 142 Å². The summed E-state index contributed by atoms with van der Waals surface area (Å²) in [5.41, 5.74) is 0.856. The third-order valence-electron chi connectivity index (χ3n) is 4.89. The smallest absolute Gasteiger partial charge is 0.270 e. The van der Waals surface area contributed by atoms with Crippen molar-refractivity contribution in [2.24, 2.45) is 7.05 Å². The second kappa shape index (κ2) is 8.53. The number of aromatic nitrogens is 6. The second-order valence-electron chi connectivity index (χ2n) is 6.89. The van der Waals surface area contributed by atoms with Crippen molar-refractivity contribution < 1.29 is 9.72 Å². The number of carbonyl (C=O) groups is 1. The van der Waals surface area contributed by atoms with Crippen LogP contribution in [0.5, 0.6) is 0 Å². The quantitative estimate of drug-likeness (QED) is 0.465. The number of nitrogens with zero attached hydrogens (tertiary/aromatic N) is 7. The Bertz CT molecular complexity index is 1080. The van der Waals surface area contributed by atoms with Crippen LogP contribution in [0, 0.1) is 10.1 Å². The van der Waals surface area contributed by atoms with E-state index < -0.39 is 10.8 Å². The van der Waals surface area contributed by atoms with Gasteiger partial charge in [0, 0.05) is 30.0 Å². The first-order valence-electron chi connectivity index (χ1n) is 9.33. The second-order valence-corrected chi connectivity index (χ2v) is 7.90. The molecule has 0 bridgehead atoms. The molecule has 2 aromatic heterocycles. The zero-order valence-corrected chi connectivity index (χ0v) is 16.9. The standard InChI is InChI=1S/C18H18N8O3S/c1-25-18(22-23-24-25)30-15-7-6-12(26(28)29)8-13(15)17(27)21-16-10-19-14(9-20-16)11-4-2-3-5-11/h6-11H,2-5H2,1H3,(H,20,21,27). The normalized spacial score (nSPS) is 14.0. The Morgan fingerprint density at radius 2 is 2.07 bits per heavy atom. The number of anilines is 1. The van der Waals surface area contributed by atoms with Gasteiger partial charge in [0.1, 0.15) is 0 Å². The van der Waals surface area contributed by atoms with Gasteiger partial charge in [-0.2, -0.15) is 0 Å². The van der Waals surface area contributed by atoms with Crippen molar-refractivity contribution in [2.45, 2.75) is 41.7 Å². The van der Waals surface area contributed by atoms with Crippen molar-refractivity contribution in [1.82, 2.24) is 30.2 Å². The zero-order valence-electron chi connectivity index (χ0n) is 16.1. The first-order chi connectivity index (χ1) is 14.5. The molecule has 30 heavy (non-hydrogen) atoms. The molecule has 1 aliphatic carbocycles. The van der Waals surface area contributed by atoms with Gasteiger partial charge in [-0.25, -0.2) is 9.67 Å². The van der Waals surface area contributed by atoms with Gasteiger partial charge >= 0.3 is 0 Å². The molecule has 0 unspecified atom stereocenters. The number of hydrogen-bond donors (Lipinski definition) is 1. The molecule has 1 aromatic carbocycles. The Hall–Kier alpha value is -3.41. The summed E-state index contributed by atoms with van der Waals surface area (Å²) in [5, 5.41) is 25.5. The van der Waals surface area contributed by atoms with Crippen LogP contribution in [0.25, 0.3) is 0 Å². The van der Waals surface area contributed by atoms with Gasteiger partial charge in [0.25, 0.3) is 11.6 Å². The number of hydrogen-bond acceptors (Lipinski definition) is 9. The van der Waals surface area contributed by atoms with Gasteiger partial charge in [0.05, 0.1) is 28.6 Å². The summed E-state index contributed by atoms with van der Waals surface area (Å²) in [6.45, 7) is 0. The lowest BCUT2D eigenvalue weighted by Gasteiger charge is -2.11. The first kappa shape index (κ1) is 19.9. The van der Waals surface area contributed by atoms with E-state index in [1.165, 1.54) is 41.9 Å². The largest absolute Gasteiger partial charge is 0.305 e. The number of nitrogens with one attached hydrogen (secondary N) is 1. The number of rotatable bonds is 6. The minimum absolute atomic E-state index is 0.124. The summed E-state index contributed by atoms with van der Waals surface area (Å²) in [4.78, 5) is 32.7. The van der Waals surface area contributed by atoms with E-state index in [0.29, 0.717) is 16.0 Å². The summed E-state index contributed by atoms with van der Waals surface area (Å²) >= 11 is 1.13. The van der Waals surface area contributed by atoms with Crippen molar-refractivity contribution in [3.63, 3.8) is 0 Å². The minimum atomic E-state index is -0.550. The molecule has 154 valence electrons. The van der Waals surface area contributed by atoms with Crippen molar-refractivity contribution in [3.05, 3.63) is 52.0 Å². The fourth-order valence-corrected chi connectivity index (χ4v) is 4.16. The maximum atomic E-state index is 12.9. The maximum absolute atomic E-state index is 12.9. The average molecular weight is 426 g/mol. The van der Waals surface area contributed by atoms with E-state index in [1.807, 2.05) is 0 Å². The number of carbonyl (C=O) groups excluding carboxylic acids is 1. The number of nitro groups is 1. The molecule has 4 rings (SSSR count). The Morgan fingerprint density at radius 1 is 1.27 bits per heavy atom. The van der Waals surface area contributed by atoms with E-state index in [4.69, 9.17) is 0 Å². The zero-order chi connectivity index (χ0) is 21.1. The third-order valence-corrected chi connectivity index (χ3v) is 5.99. The molecular formula is C18H18N8O3S. The molecule has 3 aromatic rings. The highest BCUT2D eigenvalue weighted by Gasteiger charge is 2.21. The lowest BCUT2D eigenvalue weighted by molar-refractivity contribution is -0.384. The van der Waals surface area contributed by atoms with Crippen LogP contribution in [-0.4, -0.2) is 41.0 Å². The van der Waals surface area contributed by atoms with Crippen LogP contribution in [-0.2, 0) is 7.05 Å². The van der Waals surface area contributed by atoms with Crippen LogP contribution < -0.4 is 5.32 Å². The lowest BCUT2D eigenvalue weighted by Crippen LogP contribution is -2.15. The number of non-ortho nitro benzene ring substituents is 1. The molecule has 1 amide bonds. The number of aryl methyl sites for hydroxylation is 1. The van der Waals surface area contributed by atoms with E-state index in [-0.39, 0.29) is 17.1 Å². The fraction of sp³-hybridized carbons (Fsp3) is 0.333. The molecule has 11 nitrogen and oxygen atoms in total. The summed E-state index contributed by atoms with van der Waals surface area (Å²) in [6, 6.07) is 4.06. The van der Waals surface area contributed by atoms with E-state index in [0.717, 1.165) is 30.3 Å². The number of tetrazole rings is 1. The summed E-state index contributed by atoms with van der Waals surface area (Å²) in [6.07, 6.45) is 7.79.